The molecule has 0 bridgehead atoms. The van der Waals surface area contributed by atoms with E-state index in [0.29, 0.717) is 5.02 Å². The molecule has 0 fully saturated rings. The fraction of sp³-hybridized carbons (Fsp3) is 0.226. The molecule has 1 heterocycles. The molecule has 1 unspecified atom stereocenters. The van der Waals surface area contributed by atoms with Crippen molar-refractivity contribution in [1.29, 1.82) is 0 Å². The highest BCUT2D eigenvalue weighted by Crippen LogP contribution is 2.62. The average molecular weight is 515 g/mol. The van der Waals surface area contributed by atoms with Crippen molar-refractivity contribution in [2.24, 2.45) is 4.74 Å². The van der Waals surface area contributed by atoms with Crippen molar-refractivity contribution in [2.75, 3.05) is 0 Å². The summed E-state index contributed by atoms with van der Waals surface area (Å²) >= 11 is 6.53. The van der Waals surface area contributed by atoms with Crippen LogP contribution in [0.15, 0.2) is 95.7 Å². The van der Waals surface area contributed by atoms with Crippen molar-refractivity contribution in [3.05, 3.63) is 102 Å². The maximum atomic E-state index is 7.02. The van der Waals surface area contributed by atoms with Crippen LogP contribution in [0.25, 0.3) is 21.8 Å². The van der Waals surface area contributed by atoms with Gasteiger partial charge in [-0.1, -0.05) is 74.8 Å². The summed E-state index contributed by atoms with van der Waals surface area (Å²) in [6.45, 7) is 11.8. The molecule has 1 aromatic heterocycles. The summed E-state index contributed by atoms with van der Waals surface area (Å²) < 4.78 is 14.8. The lowest BCUT2D eigenvalue weighted by atomic mass is 10.1. The van der Waals surface area contributed by atoms with E-state index in [2.05, 4.69) is 74.7 Å². The van der Waals surface area contributed by atoms with Crippen molar-refractivity contribution in [3.8, 4) is 5.75 Å². The predicted molar refractivity (Wildman–Crippen MR) is 157 cm³/mol. The van der Waals surface area contributed by atoms with Gasteiger partial charge in [-0.2, -0.15) is 0 Å². The molecular weight excluding hydrogens is 483 g/mol. The molecule has 0 amide bonds. The number of para-hydroxylation sites is 2. The Balaban J connectivity index is 1.85. The van der Waals surface area contributed by atoms with Gasteiger partial charge in [-0.3, -0.25) is 0 Å². The topological polar surface area (TPSA) is 26.5 Å². The Bertz CT molecular complexity index is 1610. The summed E-state index contributed by atoms with van der Waals surface area (Å²) in [5.41, 5.74) is 4.35. The van der Waals surface area contributed by atoms with Gasteiger partial charge in [-0.25, -0.2) is 4.74 Å². The molecule has 0 aliphatic rings. The van der Waals surface area contributed by atoms with Gasteiger partial charge in [-0.05, 0) is 67.9 Å². The van der Waals surface area contributed by atoms with E-state index in [4.69, 9.17) is 20.9 Å². The minimum absolute atomic E-state index is 0.281. The van der Waals surface area contributed by atoms with E-state index < -0.39 is 7.28 Å². The second-order valence-corrected chi connectivity index (χ2v) is 13.9. The van der Waals surface area contributed by atoms with Gasteiger partial charge in [-0.15, -0.1) is 0 Å². The van der Waals surface area contributed by atoms with Crippen molar-refractivity contribution in [3.63, 3.8) is 0 Å². The van der Waals surface area contributed by atoms with Crippen LogP contribution in [0.1, 0.15) is 33.3 Å². The van der Waals surface area contributed by atoms with E-state index in [1.165, 1.54) is 21.8 Å². The molecule has 184 valence electrons. The van der Waals surface area contributed by atoms with Crippen LogP contribution in [0.3, 0.4) is 0 Å². The van der Waals surface area contributed by atoms with Gasteiger partial charge < -0.3 is 9.09 Å². The fourth-order valence-electron chi connectivity index (χ4n) is 4.82. The van der Waals surface area contributed by atoms with E-state index in [0.717, 1.165) is 28.8 Å². The summed E-state index contributed by atoms with van der Waals surface area (Å²) in [5.74, 6) is 0.818. The Morgan fingerprint density at radius 2 is 1.53 bits per heavy atom. The lowest BCUT2D eigenvalue weighted by Crippen LogP contribution is -2.27. The maximum absolute atomic E-state index is 7.02. The molecule has 0 aliphatic heterocycles. The molecule has 3 nitrogen and oxygen atoms in total. The first-order valence-electron chi connectivity index (χ1n) is 12.4. The monoisotopic (exact) mass is 514 g/mol. The van der Waals surface area contributed by atoms with Gasteiger partial charge in [0.05, 0.1) is 5.69 Å². The molecule has 0 radical (unpaired) electrons. The van der Waals surface area contributed by atoms with E-state index in [-0.39, 0.29) is 5.16 Å². The van der Waals surface area contributed by atoms with Crippen molar-refractivity contribution >= 4 is 51.7 Å². The highest BCUT2D eigenvalue weighted by atomic mass is 35.5. The number of nitrogens with zero attached hydrogens (tertiary/aromatic N) is 2. The summed E-state index contributed by atoms with van der Waals surface area (Å²) in [6, 6.07) is 31.5. The minimum atomic E-state index is -2.64. The molecule has 0 saturated carbocycles. The van der Waals surface area contributed by atoms with Gasteiger partial charge in [0.2, 0.25) is 0 Å². The van der Waals surface area contributed by atoms with Crippen LogP contribution in [-0.2, 0) is 6.54 Å². The highest BCUT2D eigenvalue weighted by molar-refractivity contribution is 7.71. The summed E-state index contributed by atoms with van der Waals surface area (Å²) in [6.07, 6.45) is 0. The minimum Gasteiger partial charge on any atom is -0.455 e. The van der Waals surface area contributed by atoms with Gasteiger partial charge in [0.1, 0.15) is 5.75 Å². The summed E-state index contributed by atoms with van der Waals surface area (Å²) in [5, 5.41) is 4.02. The van der Waals surface area contributed by atoms with Crippen LogP contribution < -0.4 is 9.83 Å². The largest absolute Gasteiger partial charge is 0.455 e. The third-order valence-electron chi connectivity index (χ3n) is 6.72. The van der Waals surface area contributed by atoms with Crippen LogP contribution in [0, 0.1) is 6.92 Å². The SMILES string of the molecule is CCn1c2ccccc2c2cc(P(=Nc3ccc(C)c(Cl)c3)(Oc3ccccc3)C(C)(C)C)ccc21. The molecule has 5 aromatic rings. The zero-order chi connectivity index (χ0) is 25.5. The molecule has 0 N–H and O–H groups in total. The maximum Gasteiger partial charge on any atom is 0.173 e. The van der Waals surface area contributed by atoms with Gasteiger partial charge in [0.15, 0.2) is 7.28 Å². The van der Waals surface area contributed by atoms with Crippen molar-refractivity contribution in [1.82, 2.24) is 4.57 Å². The van der Waals surface area contributed by atoms with E-state index >= 15 is 0 Å². The van der Waals surface area contributed by atoms with E-state index in [1.807, 2.05) is 55.5 Å². The Morgan fingerprint density at radius 1 is 0.833 bits per heavy atom. The molecule has 5 rings (SSSR count). The van der Waals surface area contributed by atoms with E-state index in [1.54, 1.807) is 0 Å². The number of halogens is 1. The Morgan fingerprint density at radius 3 is 2.22 bits per heavy atom. The zero-order valence-corrected chi connectivity index (χ0v) is 23.1. The summed E-state index contributed by atoms with van der Waals surface area (Å²) in [4.78, 5) is 0. The number of benzene rings is 4. The van der Waals surface area contributed by atoms with Gasteiger partial charge in [0.25, 0.3) is 0 Å². The number of fused-ring (bicyclic) bond motifs is 3. The number of rotatable bonds is 5. The van der Waals surface area contributed by atoms with Crippen LogP contribution in [0.5, 0.6) is 5.75 Å². The quantitative estimate of drug-likeness (QED) is 0.214. The lowest BCUT2D eigenvalue weighted by molar-refractivity contribution is 0.571. The molecule has 0 saturated heterocycles. The number of hydrogen-bond acceptors (Lipinski definition) is 2. The third kappa shape index (κ3) is 4.25. The Kier molecular flexibility index (Phi) is 6.49. The molecular formula is C31H32ClN2OP. The second kappa shape index (κ2) is 9.47. The first-order valence-corrected chi connectivity index (χ1v) is 14.4. The molecule has 5 heteroatoms. The lowest BCUT2D eigenvalue weighted by Gasteiger charge is -2.37. The zero-order valence-electron chi connectivity index (χ0n) is 21.5. The normalized spacial score (nSPS) is 13.6. The molecule has 1 atom stereocenters. The van der Waals surface area contributed by atoms with Gasteiger partial charge >= 0.3 is 0 Å². The Labute approximate surface area is 218 Å². The van der Waals surface area contributed by atoms with Crippen LogP contribution in [0.4, 0.5) is 5.69 Å². The van der Waals surface area contributed by atoms with Crippen molar-refractivity contribution in [2.45, 2.75) is 46.3 Å². The number of hydrogen-bond donors (Lipinski definition) is 0. The first-order chi connectivity index (χ1) is 17.2. The smallest absolute Gasteiger partial charge is 0.173 e. The third-order valence-corrected chi connectivity index (χ3v) is 10.9. The molecule has 0 spiro atoms. The van der Waals surface area contributed by atoms with Crippen molar-refractivity contribution < 1.29 is 4.52 Å². The summed E-state index contributed by atoms with van der Waals surface area (Å²) in [7, 11) is -2.64. The van der Waals surface area contributed by atoms with Crippen LogP contribution in [0.2, 0.25) is 5.02 Å². The van der Waals surface area contributed by atoms with Crippen LogP contribution >= 0.6 is 18.9 Å². The highest BCUT2D eigenvalue weighted by Gasteiger charge is 2.39. The molecule has 0 aliphatic carbocycles. The predicted octanol–water partition coefficient (Wildman–Crippen LogP) is 9.73. The second-order valence-electron chi connectivity index (χ2n) is 10.1. The molecule has 36 heavy (non-hydrogen) atoms. The van der Waals surface area contributed by atoms with E-state index in [9.17, 15) is 0 Å². The first kappa shape index (κ1) is 24.7. The Hall–Kier alpha value is -3.00. The standard InChI is InChI=1S/C31H32ClN2OP/c1-6-34-29-15-11-10-14-26(29)27-21-25(18-19-30(27)34)36(31(3,4)5,35-24-12-8-7-9-13-24)33-23-17-16-22(2)28(32)20-23/h7-21H,6H2,1-5H3. The number of aryl methyl sites for hydroxylation is 2. The average Bonchev–Trinajstić information content (AvgIpc) is 3.18. The van der Waals surface area contributed by atoms with Crippen LogP contribution in [-0.4, -0.2) is 9.72 Å². The number of aromatic nitrogens is 1. The fourth-order valence-corrected chi connectivity index (χ4v) is 8.06. The molecule has 4 aromatic carbocycles. The van der Waals surface area contributed by atoms with Gasteiger partial charge in [0, 0.05) is 43.8 Å².